The average Bonchev–Trinajstić information content (AvgIpc) is 2.42. The number of aliphatic imine (C=N–C) groups is 1. The molecule has 3 heteroatoms. The Labute approximate surface area is 110 Å². The number of rotatable bonds is 1. The van der Waals surface area contributed by atoms with E-state index < -0.39 is 0 Å². The summed E-state index contributed by atoms with van der Waals surface area (Å²) in [6.45, 7) is 2.69. The van der Waals surface area contributed by atoms with Crippen molar-refractivity contribution in [2.45, 2.75) is 13.3 Å². The zero-order chi connectivity index (χ0) is 12.1. The molecule has 2 nitrogen and oxygen atoms in total. The molecule has 0 saturated carbocycles. The van der Waals surface area contributed by atoms with Crippen LogP contribution in [0.3, 0.4) is 0 Å². The minimum Gasteiger partial charge on any atom is -0.443 e. The van der Waals surface area contributed by atoms with Crippen LogP contribution in [0.2, 0.25) is 0 Å². The van der Waals surface area contributed by atoms with Crippen molar-refractivity contribution in [2.24, 2.45) is 4.99 Å². The molecule has 0 aromatic heterocycles. The van der Waals surface area contributed by atoms with Crippen LogP contribution in [0.15, 0.2) is 57.7 Å². The standard InChI is InChI=1S/C14H14BrNO/c1-11-5-3-2-4-10-16-14(17-11)12-6-8-13(15)9-7-12/h2-3,5-9H,4,10H2,1H3/b3-2-,11-5+,16-14-. The normalized spacial score (nSPS) is 24.1. The first-order valence-electron chi connectivity index (χ1n) is 5.57. The molecule has 1 aromatic carbocycles. The Bertz CT molecular complexity index is 472. The first-order valence-corrected chi connectivity index (χ1v) is 6.37. The Kier molecular flexibility index (Phi) is 4.15. The topological polar surface area (TPSA) is 21.6 Å². The van der Waals surface area contributed by atoms with Gasteiger partial charge in [0.2, 0.25) is 5.90 Å². The van der Waals surface area contributed by atoms with Crippen LogP contribution < -0.4 is 0 Å². The van der Waals surface area contributed by atoms with Gasteiger partial charge in [0.1, 0.15) is 5.76 Å². The summed E-state index contributed by atoms with van der Waals surface area (Å²) in [6, 6.07) is 7.99. The molecule has 1 heterocycles. The largest absolute Gasteiger partial charge is 0.443 e. The van der Waals surface area contributed by atoms with Crippen LogP contribution in [0.25, 0.3) is 0 Å². The molecule has 0 atom stereocenters. The van der Waals surface area contributed by atoms with E-state index in [9.17, 15) is 0 Å². The van der Waals surface area contributed by atoms with E-state index >= 15 is 0 Å². The summed E-state index contributed by atoms with van der Waals surface area (Å²) in [7, 11) is 0. The second-order valence-electron chi connectivity index (χ2n) is 3.79. The highest BCUT2D eigenvalue weighted by Crippen LogP contribution is 2.14. The van der Waals surface area contributed by atoms with Crippen molar-refractivity contribution < 1.29 is 4.74 Å². The van der Waals surface area contributed by atoms with Crippen LogP contribution in [-0.4, -0.2) is 12.4 Å². The van der Waals surface area contributed by atoms with E-state index in [1.54, 1.807) is 0 Å². The third-order valence-corrected chi connectivity index (χ3v) is 2.90. The number of halogens is 1. The van der Waals surface area contributed by atoms with E-state index in [4.69, 9.17) is 4.74 Å². The fraction of sp³-hybridized carbons (Fsp3) is 0.214. The molecule has 0 saturated heterocycles. The molecule has 1 aliphatic heterocycles. The van der Waals surface area contributed by atoms with E-state index in [0.29, 0.717) is 5.90 Å². The SMILES string of the molecule is C/C1=C\C=C/CC/N=C(/c2ccc(Br)cc2)O1. The Morgan fingerprint density at radius 3 is 2.76 bits per heavy atom. The molecule has 0 radical (unpaired) electrons. The molecular weight excluding hydrogens is 278 g/mol. The summed E-state index contributed by atoms with van der Waals surface area (Å²) >= 11 is 3.42. The second kappa shape index (κ2) is 5.82. The summed E-state index contributed by atoms with van der Waals surface area (Å²) in [5, 5.41) is 0. The molecule has 1 aliphatic rings. The van der Waals surface area contributed by atoms with Crippen LogP contribution in [0, 0.1) is 0 Å². The number of benzene rings is 1. The molecule has 88 valence electrons. The molecule has 0 N–H and O–H groups in total. The predicted molar refractivity (Wildman–Crippen MR) is 74.1 cm³/mol. The molecule has 17 heavy (non-hydrogen) atoms. The van der Waals surface area contributed by atoms with Gasteiger partial charge in [-0.2, -0.15) is 0 Å². The Balaban J connectivity index is 2.26. The van der Waals surface area contributed by atoms with Crippen molar-refractivity contribution in [3.63, 3.8) is 0 Å². The Morgan fingerprint density at radius 2 is 2.00 bits per heavy atom. The molecule has 0 amide bonds. The number of nitrogens with zero attached hydrogens (tertiary/aromatic N) is 1. The third kappa shape index (κ3) is 3.56. The predicted octanol–water partition coefficient (Wildman–Crippen LogP) is 4.08. The van der Waals surface area contributed by atoms with Gasteiger partial charge >= 0.3 is 0 Å². The van der Waals surface area contributed by atoms with Crippen molar-refractivity contribution in [3.8, 4) is 0 Å². The minimum absolute atomic E-state index is 0.690. The molecule has 2 rings (SSSR count). The van der Waals surface area contributed by atoms with Crippen molar-refractivity contribution in [3.05, 3.63) is 58.3 Å². The lowest BCUT2D eigenvalue weighted by atomic mass is 10.2. The number of hydrogen-bond acceptors (Lipinski definition) is 2. The zero-order valence-corrected chi connectivity index (χ0v) is 11.3. The van der Waals surface area contributed by atoms with Gasteiger partial charge in [0.05, 0.1) is 0 Å². The number of hydrogen-bond donors (Lipinski definition) is 0. The van der Waals surface area contributed by atoms with Gasteiger partial charge in [-0.05, 0) is 43.7 Å². The maximum absolute atomic E-state index is 5.74. The van der Waals surface area contributed by atoms with Gasteiger partial charge in [-0.3, -0.25) is 4.99 Å². The van der Waals surface area contributed by atoms with E-state index in [-0.39, 0.29) is 0 Å². The zero-order valence-electron chi connectivity index (χ0n) is 9.69. The van der Waals surface area contributed by atoms with Crippen LogP contribution >= 0.6 is 15.9 Å². The van der Waals surface area contributed by atoms with Gasteiger partial charge in [-0.1, -0.05) is 28.1 Å². The van der Waals surface area contributed by atoms with E-state index in [0.717, 1.165) is 28.8 Å². The van der Waals surface area contributed by atoms with E-state index in [2.05, 4.69) is 27.0 Å². The molecule has 0 unspecified atom stereocenters. The van der Waals surface area contributed by atoms with Crippen molar-refractivity contribution in [1.29, 1.82) is 0 Å². The van der Waals surface area contributed by atoms with Gasteiger partial charge < -0.3 is 4.74 Å². The lowest BCUT2D eigenvalue weighted by molar-refractivity contribution is 0.417. The fourth-order valence-electron chi connectivity index (χ4n) is 1.50. The number of allylic oxidation sites excluding steroid dienone is 3. The Morgan fingerprint density at radius 1 is 1.24 bits per heavy atom. The first kappa shape index (κ1) is 12.1. The quantitative estimate of drug-likeness (QED) is 0.764. The number of ether oxygens (including phenoxy) is 1. The molecule has 0 aliphatic carbocycles. The maximum atomic E-state index is 5.74. The lowest BCUT2D eigenvalue weighted by Crippen LogP contribution is -2.06. The molecule has 0 bridgehead atoms. The average molecular weight is 292 g/mol. The van der Waals surface area contributed by atoms with Crippen LogP contribution in [0.1, 0.15) is 18.9 Å². The monoisotopic (exact) mass is 291 g/mol. The van der Waals surface area contributed by atoms with Gasteiger partial charge in [-0.15, -0.1) is 0 Å². The van der Waals surface area contributed by atoms with Crippen LogP contribution in [-0.2, 0) is 4.74 Å². The molecule has 0 spiro atoms. The minimum atomic E-state index is 0.690. The first-order chi connectivity index (χ1) is 8.25. The fourth-order valence-corrected chi connectivity index (χ4v) is 1.77. The molecule has 1 aromatic rings. The van der Waals surface area contributed by atoms with E-state index in [1.165, 1.54) is 0 Å². The summed E-state index contributed by atoms with van der Waals surface area (Å²) in [5.41, 5.74) is 1.00. The van der Waals surface area contributed by atoms with E-state index in [1.807, 2.05) is 43.3 Å². The highest BCUT2D eigenvalue weighted by Gasteiger charge is 2.06. The van der Waals surface area contributed by atoms with Gasteiger partial charge in [0.15, 0.2) is 0 Å². The lowest BCUT2D eigenvalue weighted by Gasteiger charge is -2.08. The van der Waals surface area contributed by atoms with Crippen molar-refractivity contribution in [2.75, 3.05) is 6.54 Å². The summed E-state index contributed by atoms with van der Waals surface area (Å²) in [6.07, 6.45) is 7.00. The van der Waals surface area contributed by atoms with Crippen LogP contribution in [0.5, 0.6) is 0 Å². The van der Waals surface area contributed by atoms with Crippen molar-refractivity contribution in [1.82, 2.24) is 0 Å². The smallest absolute Gasteiger partial charge is 0.221 e. The third-order valence-electron chi connectivity index (χ3n) is 2.37. The highest BCUT2D eigenvalue weighted by molar-refractivity contribution is 9.10. The highest BCUT2D eigenvalue weighted by atomic mass is 79.9. The van der Waals surface area contributed by atoms with Gasteiger partial charge in [-0.25, -0.2) is 0 Å². The maximum Gasteiger partial charge on any atom is 0.221 e. The summed E-state index contributed by atoms with van der Waals surface area (Å²) in [5.74, 6) is 1.54. The Hall–Kier alpha value is -1.35. The second-order valence-corrected chi connectivity index (χ2v) is 4.71. The summed E-state index contributed by atoms with van der Waals surface area (Å²) in [4.78, 5) is 4.48. The van der Waals surface area contributed by atoms with Gasteiger partial charge in [0, 0.05) is 16.6 Å². The van der Waals surface area contributed by atoms with Crippen molar-refractivity contribution >= 4 is 21.8 Å². The van der Waals surface area contributed by atoms with Crippen LogP contribution in [0.4, 0.5) is 0 Å². The molecular formula is C14H14BrNO. The molecule has 0 fully saturated rings. The van der Waals surface area contributed by atoms with Gasteiger partial charge in [0.25, 0.3) is 0 Å². The summed E-state index contributed by atoms with van der Waals surface area (Å²) < 4.78 is 6.80.